The third-order valence-electron chi connectivity index (χ3n) is 4.01. The minimum Gasteiger partial charge on any atom is -0.462 e. The van der Waals surface area contributed by atoms with E-state index in [1.54, 1.807) is 0 Å². The summed E-state index contributed by atoms with van der Waals surface area (Å²) in [5.41, 5.74) is -3.85. The maximum Gasteiger partial charge on any atom is 0.343 e. The van der Waals surface area contributed by atoms with Gasteiger partial charge in [0.25, 0.3) is 0 Å². The smallest absolute Gasteiger partial charge is 0.343 e. The van der Waals surface area contributed by atoms with Gasteiger partial charge < -0.3 is 9.30 Å². The normalized spacial score (nSPS) is 10.9. The van der Waals surface area contributed by atoms with E-state index in [0.717, 1.165) is 6.20 Å². The van der Waals surface area contributed by atoms with E-state index in [9.17, 15) is 37.3 Å². The van der Waals surface area contributed by atoms with Crippen molar-refractivity contribution >= 4 is 22.6 Å². The summed E-state index contributed by atoms with van der Waals surface area (Å²) in [5.74, 6) is -6.71. The number of carbonyl (C=O) groups is 1. The van der Waals surface area contributed by atoms with Gasteiger partial charge in [0.2, 0.25) is 11.2 Å². The summed E-state index contributed by atoms with van der Waals surface area (Å²) in [7, 11) is 0. The number of aromatic nitrogens is 1. The lowest BCUT2D eigenvalue weighted by Gasteiger charge is -2.14. The van der Waals surface area contributed by atoms with Crippen LogP contribution in [-0.2, 0) is 4.74 Å². The number of fused-ring (bicyclic) bond motifs is 1. The molecule has 11 heteroatoms. The zero-order valence-corrected chi connectivity index (χ0v) is 14.5. The van der Waals surface area contributed by atoms with Crippen LogP contribution in [0.5, 0.6) is 0 Å². The first-order valence-corrected chi connectivity index (χ1v) is 8.01. The number of rotatable bonds is 4. The topological polar surface area (TPSA) is 91.4 Å². The summed E-state index contributed by atoms with van der Waals surface area (Å²) in [4.78, 5) is 34.5. The monoisotopic (exact) mass is 410 g/mol. The molecule has 0 amide bonds. The molecule has 0 atom stereocenters. The third kappa shape index (κ3) is 3.42. The average Bonchev–Trinajstić information content (AvgIpc) is 2.64. The van der Waals surface area contributed by atoms with Crippen LogP contribution in [0.2, 0.25) is 0 Å². The molecule has 3 rings (SSSR count). The van der Waals surface area contributed by atoms with Crippen molar-refractivity contribution in [1.82, 2.24) is 4.57 Å². The van der Waals surface area contributed by atoms with Crippen molar-refractivity contribution in [3.8, 4) is 5.69 Å². The largest absolute Gasteiger partial charge is 0.462 e. The molecule has 29 heavy (non-hydrogen) atoms. The molecule has 0 saturated carbocycles. The zero-order valence-electron chi connectivity index (χ0n) is 14.5. The SMILES string of the molecule is CCOC(=O)c1cn(-c2cc([N+](=O)[O-])c(F)cc2F)c2cc(F)c(F)cc2c1=O. The lowest BCUT2D eigenvalue weighted by atomic mass is 10.1. The Morgan fingerprint density at radius 2 is 1.72 bits per heavy atom. The van der Waals surface area contributed by atoms with Gasteiger partial charge in [-0.25, -0.2) is 18.0 Å². The first-order chi connectivity index (χ1) is 13.6. The number of hydrogen-bond acceptors (Lipinski definition) is 5. The molecule has 0 radical (unpaired) electrons. The Kier molecular flexibility index (Phi) is 5.06. The van der Waals surface area contributed by atoms with Crippen molar-refractivity contribution in [3.63, 3.8) is 0 Å². The Labute approximate surface area is 158 Å². The van der Waals surface area contributed by atoms with Crippen molar-refractivity contribution < 1.29 is 32.0 Å². The van der Waals surface area contributed by atoms with Gasteiger partial charge >= 0.3 is 11.7 Å². The average molecular weight is 410 g/mol. The number of halogens is 4. The second kappa shape index (κ2) is 7.34. The Morgan fingerprint density at radius 3 is 2.34 bits per heavy atom. The van der Waals surface area contributed by atoms with Gasteiger partial charge in [-0.05, 0) is 13.0 Å². The van der Waals surface area contributed by atoms with Gasteiger partial charge in [0.05, 0.1) is 28.1 Å². The summed E-state index contributed by atoms with van der Waals surface area (Å²) in [6, 6.07) is 1.78. The van der Waals surface area contributed by atoms with Gasteiger partial charge in [-0.15, -0.1) is 0 Å². The van der Waals surface area contributed by atoms with E-state index >= 15 is 0 Å². The maximum atomic E-state index is 14.4. The fraction of sp³-hybridized carbons (Fsp3) is 0.111. The Hall–Kier alpha value is -3.76. The molecule has 1 aromatic heterocycles. The molecule has 1 heterocycles. The van der Waals surface area contributed by atoms with Gasteiger partial charge in [0.15, 0.2) is 17.5 Å². The van der Waals surface area contributed by atoms with E-state index in [1.165, 1.54) is 6.92 Å². The van der Waals surface area contributed by atoms with Crippen molar-refractivity contribution in [2.24, 2.45) is 0 Å². The van der Waals surface area contributed by atoms with Crippen LogP contribution < -0.4 is 5.43 Å². The van der Waals surface area contributed by atoms with Crippen molar-refractivity contribution in [2.45, 2.75) is 6.92 Å². The molecule has 0 saturated heterocycles. The molecule has 0 spiro atoms. The number of nitrogens with zero attached hydrogens (tertiary/aromatic N) is 2. The van der Waals surface area contributed by atoms with Gasteiger partial charge in [-0.3, -0.25) is 14.9 Å². The number of ether oxygens (including phenoxy) is 1. The fourth-order valence-corrected chi connectivity index (χ4v) is 2.72. The minimum absolute atomic E-state index is 0.121. The number of benzene rings is 2. The lowest BCUT2D eigenvalue weighted by Crippen LogP contribution is -2.21. The maximum absolute atomic E-state index is 14.4. The molecule has 0 aliphatic heterocycles. The van der Waals surface area contributed by atoms with Crippen LogP contribution in [0.4, 0.5) is 23.2 Å². The summed E-state index contributed by atoms with van der Waals surface area (Å²) in [6.07, 6.45) is 0.764. The standard InChI is InChI=1S/C18H10F4N2O5/c1-2-29-18(26)9-7-23(14-5-11(20)10(19)3-8(14)17(9)25)15-6-16(24(27)28)13(22)4-12(15)21/h3-7H,2H2,1H3. The molecular formula is C18H10F4N2O5. The molecule has 0 aliphatic carbocycles. The third-order valence-corrected chi connectivity index (χ3v) is 4.01. The number of carbonyl (C=O) groups excluding carboxylic acids is 1. The molecule has 0 fully saturated rings. The van der Waals surface area contributed by atoms with Gasteiger partial charge in [-0.1, -0.05) is 0 Å². The highest BCUT2D eigenvalue weighted by molar-refractivity contribution is 5.94. The van der Waals surface area contributed by atoms with E-state index in [1.807, 2.05) is 0 Å². The lowest BCUT2D eigenvalue weighted by molar-refractivity contribution is -0.387. The minimum atomic E-state index is -1.47. The van der Waals surface area contributed by atoms with Crippen molar-refractivity contribution in [1.29, 1.82) is 0 Å². The predicted octanol–water partition coefficient (Wildman–Crippen LogP) is 3.63. The highest BCUT2D eigenvalue weighted by atomic mass is 19.2. The summed E-state index contributed by atoms with van der Waals surface area (Å²) in [5, 5.41) is 10.5. The predicted molar refractivity (Wildman–Crippen MR) is 92.0 cm³/mol. The van der Waals surface area contributed by atoms with Crippen LogP contribution in [0, 0.1) is 33.4 Å². The molecule has 0 aliphatic rings. The van der Waals surface area contributed by atoms with E-state index in [0.29, 0.717) is 22.8 Å². The molecule has 7 nitrogen and oxygen atoms in total. The second-order valence-corrected chi connectivity index (χ2v) is 5.76. The van der Waals surface area contributed by atoms with Gasteiger partial charge in [0.1, 0.15) is 5.56 Å². The van der Waals surface area contributed by atoms with Crippen LogP contribution in [0.3, 0.4) is 0 Å². The number of nitro benzene ring substituents is 1. The van der Waals surface area contributed by atoms with Crippen molar-refractivity contribution in [3.05, 3.63) is 79.6 Å². The number of nitro groups is 1. The van der Waals surface area contributed by atoms with Gasteiger partial charge in [0, 0.05) is 24.4 Å². The molecule has 3 aromatic rings. The first kappa shape index (κ1) is 20.0. The highest BCUT2D eigenvalue weighted by Crippen LogP contribution is 2.27. The van der Waals surface area contributed by atoms with Gasteiger partial charge in [-0.2, -0.15) is 4.39 Å². The van der Waals surface area contributed by atoms with Crippen LogP contribution in [0.15, 0.2) is 35.3 Å². The Morgan fingerprint density at radius 1 is 1.07 bits per heavy atom. The Bertz CT molecular complexity index is 1240. The van der Waals surface area contributed by atoms with E-state index in [4.69, 9.17) is 4.74 Å². The van der Waals surface area contributed by atoms with E-state index < -0.39 is 67.4 Å². The molecule has 0 N–H and O–H groups in total. The highest BCUT2D eigenvalue weighted by Gasteiger charge is 2.24. The van der Waals surface area contributed by atoms with Crippen LogP contribution >= 0.6 is 0 Å². The molecular weight excluding hydrogens is 400 g/mol. The van der Waals surface area contributed by atoms with Crippen LogP contribution in [0.25, 0.3) is 16.6 Å². The van der Waals surface area contributed by atoms with E-state index in [-0.39, 0.29) is 12.7 Å². The molecule has 150 valence electrons. The summed E-state index contributed by atoms with van der Waals surface area (Å²) < 4.78 is 61.0. The number of esters is 1. The summed E-state index contributed by atoms with van der Waals surface area (Å²) in [6.45, 7) is 1.33. The molecule has 2 aromatic carbocycles. The van der Waals surface area contributed by atoms with Crippen molar-refractivity contribution in [2.75, 3.05) is 6.61 Å². The van der Waals surface area contributed by atoms with E-state index in [2.05, 4.69) is 0 Å². The fourth-order valence-electron chi connectivity index (χ4n) is 2.72. The quantitative estimate of drug-likeness (QED) is 0.284. The summed E-state index contributed by atoms with van der Waals surface area (Å²) >= 11 is 0. The van der Waals surface area contributed by atoms with Crippen LogP contribution in [-0.4, -0.2) is 22.1 Å². The number of hydrogen-bond donors (Lipinski definition) is 0. The number of pyridine rings is 1. The molecule has 0 bridgehead atoms. The zero-order chi connectivity index (χ0) is 21.5. The molecule has 0 unspecified atom stereocenters. The van der Waals surface area contributed by atoms with Crippen LogP contribution in [0.1, 0.15) is 17.3 Å². The Balaban J connectivity index is 2.47. The second-order valence-electron chi connectivity index (χ2n) is 5.76. The first-order valence-electron chi connectivity index (χ1n) is 8.01.